The third kappa shape index (κ3) is 4.87. The largest absolute Gasteiger partial charge is 0.368 e. The van der Waals surface area contributed by atoms with Crippen molar-refractivity contribution in [3.63, 3.8) is 0 Å². The van der Waals surface area contributed by atoms with E-state index in [1.54, 1.807) is 12.1 Å². The maximum absolute atomic E-state index is 12.6. The fraction of sp³-hybridized carbons (Fsp3) is 0.500. The lowest BCUT2D eigenvalue weighted by Gasteiger charge is -2.24. The molecule has 0 aromatic carbocycles. The first-order valence-corrected chi connectivity index (χ1v) is 9.41. The number of sulfone groups is 1. The van der Waals surface area contributed by atoms with Gasteiger partial charge in [0.2, 0.25) is 0 Å². The van der Waals surface area contributed by atoms with Gasteiger partial charge in [-0.15, -0.1) is 0 Å². The molecule has 0 atom stereocenters. The van der Waals surface area contributed by atoms with Crippen molar-refractivity contribution in [1.82, 2.24) is 4.98 Å². The van der Waals surface area contributed by atoms with Crippen LogP contribution in [0.2, 0.25) is 0 Å². The quantitative estimate of drug-likeness (QED) is 0.710. The molecule has 6 nitrogen and oxygen atoms in total. The molecule has 7 heteroatoms. The summed E-state index contributed by atoms with van der Waals surface area (Å²) >= 11 is 0. The van der Waals surface area contributed by atoms with Crippen molar-refractivity contribution >= 4 is 21.4 Å². The molecule has 0 radical (unpaired) electrons. The predicted molar refractivity (Wildman–Crippen MR) is 88.1 cm³/mol. The molecule has 1 aliphatic carbocycles. The summed E-state index contributed by atoms with van der Waals surface area (Å²) in [5.74, 6) is -0.268. The van der Waals surface area contributed by atoms with Gasteiger partial charge in [-0.1, -0.05) is 11.6 Å². The number of amides is 1. The van der Waals surface area contributed by atoms with Crippen LogP contribution in [0.1, 0.15) is 26.7 Å². The zero-order valence-corrected chi connectivity index (χ0v) is 14.5. The summed E-state index contributed by atoms with van der Waals surface area (Å²) in [5.41, 5.74) is 1.24. The maximum Gasteiger partial charge on any atom is 0.253 e. The van der Waals surface area contributed by atoms with Crippen LogP contribution in [0.3, 0.4) is 0 Å². The van der Waals surface area contributed by atoms with Gasteiger partial charge in [-0.2, -0.15) is 0 Å². The van der Waals surface area contributed by atoms with E-state index in [4.69, 9.17) is 4.74 Å². The molecule has 0 saturated heterocycles. The summed E-state index contributed by atoms with van der Waals surface area (Å²) in [4.78, 5) is 17.9. The summed E-state index contributed by atoms with van der Waals surface area (Å²) in [6.07, 6.45) is 6.49. The monoisotopic (exact) mass is 338 g/mol. The first kappa shape index (κ1) is 17.6. The van der Waals surface area contributed by atoms with Crippen LogP contribution in [0.15, 0.2) is 35.0 Å². The number of rotatable bonds is 7. The highest BCUT2D eigenvalue weighted by atomic mass is 32.2. The third-order valence-electron chi connectivity index (χ3n) is 3.56. The zero-order chi connectivity index (χ0) is 17.0. The number of carbonyl (C=O) groups excluding carboxylic acids is 1. The molecule has 0 bridgehead atoms. The highest BCUT2D eigenvalue weighted by molar-refractivity contribution is 7.90. The summed E-state index contributed by atoms with van der Waals surface area (Å²) in [6.45, 7) is 4.01. The van der Waals surface area contributed by atoms with Gasteiger partial charge in [0.25, 0.3) is 5.91 Å². The van der Waals surface area contributed by atoms with Gasteiger partial charge in [-0.25, -0.2) is 13.4 Å². The molecule has 1 amide bonds. The summed E-state index contributed by atoms with van der Waals surface area (Å²) in [5, 5.41) is -0.0938. The number of aromatic nitrogens is 1. The second-order valence-corrected chi connectivity index (χ2v) is 7.66. The standard InChI is InChI=1S/C16H22N2O4S/c1-4-12(2)10-18(15(19)11-22-13-7-8-13)14-6-5-9-17-16(14)23(3,20)21/h4-6,9,13H,7-8,10-11H2,1-3H3/b12-4+. The Morgan fingerprint density at radius 1 is 1.48 bits per heavy atom. The van der Waals surface area contributed by atoms with Crippen molar-refractivity contribution in [2.24, 2.45) is 0 Å². The van der Waals surface area contributed by atoms with Gasteiger partial charge in [0.1, 0.15) is 6.61 Å². The van der Waals surface area contributed by atoms with E-state index >= 15 is 0 Å². The number of nitrogens with zero attached hydrogens (tertiary/aromatic N) is 2. The van der Waals surface area contributed by atoms with Crippen LogP contribution in [0.5, 0.6) is 0 Å². The molecule has 1 fully saturated rings. The number of hydrogen-bond acceptors (Lipinski definition) is 5. The maximum atomic E-state index is 12.6. The van der Waals surface area contributed by atoms with Gasteiger partial charge in [0, 0.05) is 19.0 Å². The molecule has 1 heterocycles. The minimum Gasteiger partial charge on any atom is -0.368 e. The van der Waals surface area contributed by atoms with Crippen molar-refractivity contribution in [2.75, 3.05) is 24.3 Å². The second-order valence-electron chi connectivity index (χ2n) is 5.73. The Morgan fingerprint density at radius 2 is 2.17 bits per heavy atom. The van der Waals surface area contributed by atoms with E-state index < -0.39 is 9.84 Å². The molecular formula is C16H22N2O4S. The lowest BCUT2D eigenvalue weighted by atomic mass is 10.2. The molecule has 1 saturated carbocycles. The molecule has 126 valence electrons. The van der Waals surface area contributed by atoms with Crippen LogP contribution in [0.4, 0.5) is 5.69 Å². The molecule has 1 aromatic rings. The molecule has 0 N–H and O–H groups in total. The smallest absolute Gasteiger partial charge is 0.253 e. The zero-order valence-electron chi connectivity index (χ0n) is 13.7. The van der Waals surface area contributed by atoms with Gasteiger partial charge < -0.3 is 9.64 Å². The normalized spacial score (nSPS) is 15.5. The van der Waals surface area contributed by atoms with E-state index in [-0.39, 0.29) is 23.6 Å². The first-order chi connectivity index (χ1) is 10.8. The summed E-state index contributed by atoms with van der Waals surface area (Å²) in [6, 6.07) is 3.22. The third-order valence-corrected chi connectivity index (χ3v) is 4.58. The topological polar surface area (TPSA) is 76.6 Å². The average molecular weight is 338 g/mol. The van der Waals surface area contributed by atoms with E-state index in [1.165, 1.54) is 11.1 Å². The van der Waals surface area contributed by atoms with E-state index in [0.29, 0.717) is 12.2 Å². The Kier molecular flexibility index (Phi) is 5.54. The average Bonchev–Trinajstić information content (AvgIpc) is 3.33. The van der Waals surface area contributed by atoms with Gasteiger partial charge in [-0.3, -0.25) is 4.79 Å². The summed E-state index contributed by atoms with van der Waals surface area (Å²) < 4.78 is 29.4. The van der Waals surface area contributed by atoms with Crippen LogP contribution in [-0.2, 0) is 19.4 Å². The molecule has 1 aliphatic rings. The number of allylic oxidation sites excluding steroid dienone is 1. The Bertz CT molecular complexity index is 709. The Labute approximate surface area is 137 Å². The van der Waals surface area contributed by atoms with Crippen LogP contribution in [0, 0.1) is 0 Å². The van der Waals surface area contributed by atoms with Crippen molar-refractivity contribution in [3.8, 4) is 0 Å². The van der Waals surface area contributed by atoms with Gasteiger partial charge in [-0.05, 0) is 38.8 Å². The van der Waals surface area contributed by atoms with Crippen LogP contribution in [-0.4, -0.2) is 44.8 Å². The van der Waals surface area contributed by atoms with E-state index in [1.807, 2.05) is 19.9 Å². The highest BCUT2D eigenvalue weighted by Gasteiger charge is 2.27. The number of ether oxygens (including phenoxy) is 1. The van der Waals surface area contributed by atoms with E-state index in [9.17, 15) is 13.2 Å². The Morgan fingerprint density at radius 3 is 2.74 bits per heavy atom. The van der Waals surface area contributed by atoms with Crippen molar-refractivity contribution < 1.29 is 17.9 Å². The van der Waals surface area contributed by atoms with Gasteiger partial charge >= 0.3 is 0 Å². The second kappa shape index (κ2) is 7.23. The first-order valence-electron chi connectivity index (χ1n) is 7.51. The van der Waals surface area contributed by atoms with Crippen LogP contribution < -0.4 is 4.90 Å². The van der Waals surface area contributed by atoms with Gasteiger partial charge in [0.05, 0.1) is 11.8 Å². The fourth-order valence-electron chi connectivity index (χ4n) is 2.02. The van der Waals surface area contributed by atoms with E-state index in [2.05, 4.69) is 4.98 Å². The highest BCUT2D eigenvalue weighted by Crippen LogP contribution is 2.26. The minimum absolute atomic E-state index is 0.0558. The molecular weight excluding hydrogens is 316 g/mol. The Hall–Kier alpha value is -1.73. The molecule has 0 aliphatic heterocycles. The lowest BCUT2D eigenvalue weighted by molar-refractivity contribution is -0.123. The lowest BCUT2D eigenvalue weighted by Crippen LogP contribution is -2.36. The number of carbonyl (C=O) groups is 1. The molecule has 1 aromatic heterocycles. The number of pyridine rings is 1. The van der Waals surface area contributed by atoms with Crippen molar-refractivity contribution in [1.29, 1.82) is 0 Å². The molecule has 0 spiro atoms. The molecule has 23 heavy (non-hydrogen) atoms. The van der Waals surface area contributed by atoms with E-state index in [0.717, 1.165) is 24.7 Å². The van der Waals surface area contributed by atoms with Crippen LogP contribution >= 0.6 is 0 Å². The minimum atomic E-state index is -3.54. The number of hydrogen-bond donors (Lipinski definition) is 0. The van der Waals surface area contributed by atoms with Crippen LogP contribution in [0.25, 0.3) is 0 Å². The molecule has 2 rings (SSSR count). The fourth-order valence-corrected chi connectivity index (χ4v) is 2.83. The summed E-state index contributed by atoms with van der Waals surface area (Å²) in [7, 11) is -3.54. The predicted octanol–water partition coefficient (Wildman–Crippen LogP) is 1.96. The SMILES string of the molecule is C/C=C(\C)CN(C(=O)COC1CC1)c1cccnc1S(C)(=O)=O. The number of anilines is 1. The molecule has 0 unspecified atom stereocenters. The Balaban J connectivity index is 2.34. The van der Waals surface area contributed by atoms with Crippen molar-refractivity contribution in [2.45, 2.75) is 37.8 Å². The van der Waals surface area contributed by atoms with Crippen molar-refractivity contribution in [3.05, 3.63) is 30.0 Å². The van der Waals surface area contributed by atoms with Gasteiger partial charge in [0.15, 0.2) is 14.9 Å².